The van der Waals surface area contributed by atoms with Crippen molar-refractivity contribution in [3.63, 3.8) is 0 Å². The third kappa shape index (κ3) is 5.23. The van der Waals surface area contributed by atoms with Crippen LogP contribution >= 0.6 is 12.4 Å². The Balaban J connectivity index is 0.00000200. The lowest BCUT2D eigenvalue weighted by atomic mass is 9.95. The summed E-state index contributed by atoms with van der Waals surface area (Å²) in [5.74, 6) is 1.23. The predicted octanol–water partition coefficient (Wildman–Crippen LogP) is 2.07. The van der Waals surface area contributed by atoms with Gasteiger partial charge >= 0.3 is 0 Å². The van der Waals surface area contributed by atoms with Crippen LogP contribution in [0.4, 0.5) is 0 Å². The summed E-state index contributed by atoms with van der Waals surface area (Å²) in [5, 5.41) is 3.32. The molecular weight excluding hydrogens is 276 g/mol. The molecule has 0 aliphatic carbocycles. The fourth-order valence-electron chi connectivity index (χ4n) is 2.90. The van der Waals surface area contributed by atoms with Crippen molar-refractivity contribution in [1.82, 2.24) is 10.2 Å². The molecule has 0 aromatic heterocycles. The Labute approximate surface area is 129 Å². The van der Waals surface area contributed by atoms with Crippen molar-refractivity contribution in [2.75, 3.05) is 32.8 Å². The maximum atomic E-state index is 12.4. The molecule has 2 aliphatic rings. The minimum atomic E-state index is 0. The van der Waals surface area contributed by atoms with Crippen LogP contribution in [0, 0.1) is 11.8 Å². The van der Waals surface area contributed by atoms with Crippen LogP contribution in [0.3, 0.4) is 0 Å². The van der Waals surface area contributed by atoms with Gasteiger partial charge in [-0.05, 0) is 44.7 Å². The summed E-state index contributed by atoms with van der Waals surface area (Å²) >= 11 is 0. The Bertz CT molecular complexity index is 286. The minimum Gasteiger partial charge on any atom is -0.378 e. The Morgan fingerprint density at radius 1 is 1.20 bits per heavy atom. The number of piperidine rings is 2. The summed E-state index contributed by atoms with van der Waals surface area (Å²) in [4.78, 5) is 14.4. The first-order valence-corrected chi connectivity index (χ1v) is 7.78. The van der Waals surface area contributed by atoms with Crippen LogP contribution < -0.4 is 5.32 Å². The third-order valence-electron chi connectivity index (χ3n) is 4.11. The molecule has 2 rings (SSSR count). The van der Waals surface area contributed by atoms with Crippen LogP contribution in [0.5, 0.6) is 0 Å². The van der Waals surface area contributed by atoms with Gasteiger partial charge in [-0.2, -0.15) is 0 Å². The van der Waals surface area contributed by atoms with Crippen molar-refractivity contribution in [2.24, 2.45) is 11.8 Å². The number of carbonyl (C=O) groups excluding carboxylic acids is 1. The number of likely N-dealkylation sites (tertiary alicyclic amines) is 1. The number of halogens is 1. The maximum absolute atomic E-state index is 12.4. The number of amides is 1. The first-order chi connectivity index (χ1) is 9.16. The molecule has 2 aliphatic heterocycles. The number of rotatable bonds is 4. The van der Waals surface area contributed by atoms with E-state index in [-0.39, 0.29) is 18.3 Å². The SMILES string of the molecule is CC(C)COC1CCN(C(=O)C2CCNCC2)CC1.Cl. The molecule has 0 aromatic carbocycles. The van der Waals surface area contributed by atoms with Crippen LogP contribution in [0.2, 0.25) is 0 Å². The molecule has 0 atom stereocenters. The lowest BCUT2D eigenvalue weighted by Crippen LogP contribution is -2.46. The zero-order valence-corrected chi connectivity index (χ0v) is 13.6. The van der Waals surface area contributed by atoms with Crippen molar-refractivity contribution < 1.29 is 9.53 Å². The molecule has 0 spiro atoms. The summed E-state index contributed by atoms with van der Waals surface area (Å²) in [5.41, 5.74) is 0. The molecule has 0 unspecified atom stereocenters. The van der Waals surface area contributed by atoms with Crippen LogP contribution in [-0.2, 0) is 9.53 Å². The van der Waals surface area contributed by atoms with Crippen LogP contribution in [0.25, 0.3) is 0 Å². The number of nitrogens with one attached hydrogen (secondary N) is 1. The van der Waals surface area contributed by atoms with Gasteiger partial charge in [-0.25, -0.2) is 0 Å². The van der Waals surface area contributed by atoms with E-state index < -0.39 is 0 Å². The van der Waals surface area contributed by atoms with Gasteiger partial charge in [0, 0.05) is 25.6 Å². The maximum Gasteiger partial charge on any atom is 0.225 e. The first kappa shape index (κ1) is 17.7. The number of hydrogen-bond acceptors (Lipinski definition) is 3. The van der Waals surface area contributed by atoms with E-state index in [0.717, 1.165) is 58.5 Å². The molecule has 1 amide bonds. The van der Waals surface area contributed by atoms with Gasteiger partial charge in [0.15, 0.2) is 0 Å². The number of carbonyl (C=O) groups is 1. The third-order valence-corrected chi connectivity index (χ3v) is 4.11. The topological polar surface area (TPSA) is 41.6 Å². The van der Waals surface area contributed by atoms with E-state index in [2.05, 4.69) is 24.1 Å². The Morgan fingerprint density at radius 2 is 1.80 bits per heavy atom. The largest absolute Gasteiger partial charge is 0.378 e. The summed E-state index contributed by atoms with van der Waals surface area (Å²) in [6, 6.07) is 0. The van der Waals surface area contributed by atoms with E-state index in [1.54, 1.807) is 0 Å². The van der Waals surface area contributed by atoms with Gasteiger partial charge < -0.3 is 15.0 Å². The summed E-state index contributed by atoms with van der Waals surface area (Å²) in [6.07, 6.45) is 4.37. The van der Waals surface area contributed by atoms with Crippen LogP contribution in [0.15, 0.2) is 0 Å². The molecule has 0 aromatic rings. The van der Waals surface area contributed by atoms with Crippen molar-refractivity contribution in [3.05, 3.63) is 0 Å². The number of ether oxygens (including phenoxy) is 1. The molecule has 0 bridgehead atoms. The van der Waals surface area contributed by atoms with E-state index in [4.69, 9.17) is 4.74 Å². The van der Waals surface area contributed by atoms with E-state index in [1.807, 2.05) is 0 Å². The first-order valence-electron chi connectivity index (χ1n) is 7.78. The molecule has 2 heterocycles. The van der Waals surface area contributed by atoms with E-state index in [9.17, 15) is 4.79 Å². The van der Waals surface area contributed by atoms with Gasteiger partial charge in [-0.1, -0.05) is 13.8 Å². The highest BCUT2D eigenvalue weighted by molar-refractivity contribution is 5.85. The standard InChI is InChI=1S/C15H28N2O2.ClH/c1-12(2)11-19-14-5-9-17(10-6-14)15(18)13-3-7-16-8-4-13;/h12-14,16H,3-11H2,1-2H3;1H. The number of nitrogens with zero attached hydrogens (tertiary/aromatic N) is 1. The monoisotopic (exact) mass is 304 g/mol. The summed E-state index contributed by atoms with van der Waals surface area (Å²) < 4.78 is 5.87. The molecular formula is C15H29ClN2O2. The van der Waals surface area contributed by atoms with E-state index >= 15 is 0 Å². The van der Waals surface area contributed by atoms with Gasteiger partial charge in [0.05, 0.1) is 6.10 Å². The molecule has 20 heavy (non-hydrogen) atoms. The van der Waals surface area contributed by atoms with Gasteiger partial charge in [-0.15, -0.1) is 12.4 Å². The summed E-state index contributed by atoms with van der Waals surface area (Å²) in [6.45, 7) is 8.93. The average Bonchev–Trinajstić information content (AvgIpc) is 2.46. The smallest absolute Gasteiger partial charge is 0.225 e. The van der Waals surface area contributed by atoms with Crippen molar-refractivity contribution >= 4 is 18.3 Å². The minimum absolute atomic E-state index is 0. The lowest BCUT2D eigenvalue weighted by Gasteiger charge is -2.35. The second kappa shape index (κ2) is 8.85. The highest BCUT2D eigenvalue weighted by Crippen LogP contribution is 2.20. The molecule has 118 valence electrons. The highest BCUT2D eigenvalue weighted by Gasteiger charge is 2.29. The predicted molar refractivity (Wildman–Crippen MR) is 83.2 cm³/mol. The Kier molecular flexibility index (Phi) is 7.85. The van der Waals surface area contributed by atoms with Gasteiger partial charge in [0.25, 0.3) is 0 Å². The molecule has 0 radical (unpaired) electrons. The average molecular weight is 305 g/mol. The van der Waals surface area contributed by atoms with Gasteiger partial charge in [0.1, 0.15) is 0 Å². The van der Waals surface area contributed by atoms with Crippen molar-refractivity contribution in [3.8, 4) is 0 Å². The molecule has 1 N–H and O–H groups in total. The van der Waals surface area contributed by atoms with Gasteiger partial charge in [0.2, 0.25) is 5.91 Å². The molecule has 2 saturated heterocycles. The van der Waals surface area contributed by atoms with Crippen molar-refractivity contribution in [2.45, 2.75) is 45.6 Å². The van der Waals surface area contributed by atoms with Crippen LogP contribution in [0.1, 0.15) is 39.5 Å². The quantitative estimate of drug-likeness (QED) is 0.864. The number of hydrogen-bond donors (Lipinski definition) is 1. The zero-order chi connectivity index (χ0) is 13.7. The zero-order valence-electron chi connectivity index (χ0n) is 12.8. The Morgan fingerprint density at radius 3 is 2.35 bits per heavy atom. The lowest BCUT2D eigenvalue weighted by molar-refractivity contribution is -0.139. The van der Waals surface area contributed by atoms with E-state index in [1.165, 1.54) is 0 Å². The molecule has 0 saturated carbocycles. The second-order valence-corrected chi connectivity index (χ2v) is 6.28. The van der Waals surface area contributed by atoms with E-state index in [0.29, 0.717) is 17.9 Å². The van der Waals surface area contributed by atoms with Gasteiger partial charge in [-0.3, -0.25) is 4.79 Å². The fourth-order valence-corrected chi connectivity index (χ4v) is 2.90. The van der Waals surface area contributed by atoms with Crippen molar-refractivity contribution in [1.29, 1.82) is 0 Å². The summed E-state index contributed by atoms with van der Waals surface area (Å²) in [7, 11) is 0. The molecule has 2 fully saturated rings. The second-order valence-electron chi connectivity index (χ2n) is 6.28. The van der Waals surface area contributed by atoms with Crippen LogP contribution in [-0.4, -0.2) is 49.7 Å². The highest BCUT2D eigenvalue weighted by atomic mass is 35.5. The Hall–Kier alpha value is -0.320. The normalized spacial score (nSPS) is 21.9. The molecule has 4 nitrogen and oxygen atoms in total. The fraction of sp³-hybridized carbons (Fsp3) is 0.933. The molecule has 5 heteroatoms.